The molecule has 0 spiro atoms. The first-order valence-electron chi connectivity index (χ1n) is 5.74. The number of pyridine rings is 1. The summed E-state index contributed by atoms with van der Waals surface area (Å²) in [5, 5.41) is 3.36. The molecule has 3 heteroatoms. The molecule has 0 fully saturated rings. The average Bonchev–Trinajstić information content (AvgIpc) is 2.32. The highest BCUT2D eigenvalue weighted by Crippen LogP contribution is 2.26. The van der Waals surface area contributed by atoms with Gasteiger partial charge in [-0.05, 0) is 29.7 Å². The van der Waals surface area contributed by atoms with Crippen LogP contribution in [-0.2, 0) is 0 Å². The van der Waals surface area contributed by atoms with Gasteiger partial charge in [0.1, 0.15) is 5.82 Å². The molecule has 0 bridgehead atoms. The number of aromatic nitrogens is 1. The molecule has 88 valence electrons. The summed E-state index contributed by atoms with van der Waals surface area (Å²) in [6.07, 6.45) is 1.74. The highest BCUT2D eigenvalue weighted by atomic mass is 14.9. The lowest BCUT2D eigenvalue weighted by Crippen LogP contribution is -1.98. The van der Waals surface area contributed by atoms with E-state index in [0.717, 1.165) is 11.4 Å². The molecule has 3 N–H and O–H groups in total. The molecule has 0 aliphatic carbocycles. The van der Waals surface area contributed by atoms with Gasteiger partial charge in [-0.2, -0.15) is 0 Å². The molecule has 0 amide bonds. The summed E-state index contributed by atoms with van der Waals surface area (Å²) in [6.45, 7) is 4.36. The van der Waals surface area contributed by atoms with E-state index in [4.69, 9.17) is 5.73 Å². The Bertz CT molecular complexity index is 489. The number of nitrogens with two attached hydrogens (primary N) is 1. The zero-order valence-corrected chi connectivity index (χ0v) is 10.1. The van der Waals surface area contributed by atoms with Gasteiger partial charge < -0.3 is 11.1 Å². The first kappa shape index (κ1) is 11.5. The summed E-state index contributed by atoms with van der Waals surface area (Å²) in [6, 6.07) is 12.0. The number of hydrogen-bond acceptors (Lipinski definition) is 3. The van der Waals surface area contributed by atoms with Crippen LogP contribution in [0.1, 0.15) is 25.3 Å². The molecule has 1 aromatic heterocycles. The standard InChI is InChI=1S/C14H17N3/c1-10(2)12-5-3-4-6-13(12)17-11-7-8-14(15)16-9-11/h3-10,17H,1-2H3,(H2,15,16). The second-order valence-corrected chi connectivity index (χ2v) is 4.34. The van der Waals surface area contributed by atoms with Crippen molar-refractivity contribution < 1.29 is 0 Å². The van der Waals surface area contributed by atoms with Gasteiger partial charge in [0.25, 0.3) is 0 Å². The SMILES string of the molecule is CC(C)c1ccccc1Nc1ccc(N)nc1. The fourth-order valence-electron chi connectivity index (χ4n) is 1.75. The van der Waals surface area contributed by atoms with E-state index in [1.165, 1.54) is 5.56 Å². The molecule has 0 saturated carbocycles. The van der Waals surface area contributed by atoms with Gasteiger partial charge in [0.2, 0.25) is 0 Å². The summed E-state index contributed by atoms with van der Waals surface area (Å²) in [4.78, 5) is 4.07. The van der Waals surface area contributed by atoms with Gasteiger partial charge in [0, 0.05) is 5.69 Å². The van der Waals surface area contributed by atoms with Crippen LogP contribution in [0, 0.1) is 0 Å². The van der Waals surface area contributed by atoms with Gasteiger partial charge in [-0.3, -0.25) is 0 Å². The van der Waals surface area contributed by atoms with Gasteiger partial charge in [0.05, 0.1) is 11.9 Å². The number of anilines is 3. The van der Waals surface area contributed by atoms with Crippen molar-refractivity contribution >= 4 is 17.2 Å². The molecular weight excluding hydrogens is 210 g/mol. The number of nitrogens with one attached hydrogen (secondary N) is 1. The van der Waals surface area contributed by atoms with Crippen molar-refractivity contribution in [1.82, 2.24) is 4.98 Å². The Morgan fingerprint density at radius 1 is 1.12 bits per heavy atom. The van der Waals surface area contributed by atoms with Crippen molar-refractivity contribution in [1.29, 1.82) is 0 Å². The quantitative estimate of drug-likeness (QED) is 0.843. The second kappa shape index (κ2) is 4.87. The Hall–Kier alpha value is -2.03. The van der Waals surface area contributed by atoms with Gasteiger partial charge >= 0.3 is 0 Å². The lowest BCUT2D eigenvalue weighted by atomic mass is 10.0. The largest absolute Gasteiger partial charge is 0.384 e. The monoisotopic (exact) mass is 227 g/mol. The van der Waals surface area contributed by atoms with Gasteiger partial charge in [-0.1, -0.05) is 32.0 Å². The normalized spacial score (nSPS) is 10.5. The molecule has 0 unspecified atom stereocenters. The molecule has 0 aliphatic heterocycles. The Balaban J connectivity index is 2.26. The second-order valence-electron chi connectivity index (χ2n) is 4.34. The van der Waals surface area contributed by atoms with E-state index < -0.39 is 0 Å². The number of hydrogen-bond donors (Lipinski definition) is 2. The predicted octanol–water partition coefficient (Wildman–Crippen LogP) is 3.53. The van der Waals surface area contributed by atoms with E-state index in [0.29, 0.717) is 11.7 Å². The van der Waals surface area contributed by atoms with Gasteiger partial charge in [-0.25, -0.2) is 4.98 Å². The average molecular weight is 227 g/mol. The molecule has 0 radical (unpaired) electrons. The van der Waals surface area contributed by atoms with Crippen LogP contribution in [0.3, 0.4) is 0 Å². The maximum atomic E-state index is 5.56. The summed E-state index contributed by atoms with van der Waals surface area (Å²) in [5.74, 6) is 1.02. The fraction of sp³-hybridized carbons (Fsp3) is 0.214. The molecule has 17 heavy (non-hydrogen) atoms. The van der Waals surface area contributed by atoms with Crippen LogP contribution in [0.5, 0.6) is 0 Å². The van der Waals surface area contributed by atoms with Crippen LogP contribution in [0.2, 0.25) is 0 Å². The third-order valence-electron chi connectivity index (χ3n) is 2.65. The summed E-state index contributed by atoms with van der Waals surface area (Å²) in [5.41, 5.74) is 8.93. The number of benzene rings is 1. The van der Waals surface area contributed by atoms with E-state index in [1.807, 2.05) is 12.1 Å². The molecule has 2 aromatic rings. The summed E-state index contributed by atoms with van der Waals surface area (Å²) in [7, 11) is 0. The Morgan fingerprint density at radius 2 is 1.88 bits per heavy atom. The molecule has 0 aliphatic rings. The lowest BCUT2D eigenvalue weighted by molar-refractivity contribution is 0.869. The van der Waals surface area contributed by atoms with Crippen molar-refractivity contribution in [2.24, 2.45) is 0 Å². The Kier molecular flexibility index (Phi) is 3.28. The molecule has 1 heterocycles. The smallest absolute Gasteiger partial charge is 0.123 e. The van der Waals surface area contributed by atoms with Crippen LogP contribution >= 0.6 is 0 Å². The predicted molar refractivity (Wildman–Crippen MR) is 72.5 cm³/mol. The zero-order chi connectivity index (χ0) is 12.3. The molecule has 1 aromatic carbocycles. The topological polar surface area (TPSA) is 50.9 Å². The van der Waals surface area contributed by atoms with Gasteiger partial charge in [-0.15, -0.1) is 0 Å². The van der Waals surface area contributed by atoms with Crippen LogP contribution in [0.15, 0.2) is 42.6 Å². The first-order chi connectivity index (χ1) is 8.16. The Labute approximate surface area is 102 Å². The van der Waals surface area contributed by atoms with Crippen LogP contribution in [-0.4, -0.2) is 4.98 Å². The molecule has 3 nitrogen and oxygen atoms in total. The Morgan fingerprint density at radius 3 is 2.53 bits per heavy atom. The third kappa shape index (κ3) is 2.75. The highest BCUT2D eigenvalue weighted by Gasteiger charge is 2.05. The number of para-hydroxylation sites is 1. The summed E-state index contributed by atoms with van der Waals surface area (Å²) < 4.78 is 0. The summed E-state index contributed by atoms with van der Waals surface area (Å²) >= 11 is 0. The molecular formula is C14H17N3. The van der Waals surface area contributed by atoms with Crippen molar-refractivity contribution in [3.63, 3.8) is 0 Å². The van der Waals surface area contributed by atoms with E-state index >= 15 is 0 Å². The minimum atomic E-state index is 0.487. The molecule has 0 saturated heterocycles. The maximum Gasteiger partial charge on any atom is 0.123 e. The van der Waals surface area contributed by atoms with E-state index in [2.05, 4.69) is 42.3 Å². The van der Waals surface area contributed by atoms with E-state index in [1.54, 1.807) is 12.3 Å². The van der Waals surface area contributed by atoms with Crippen LogP contribution in [0.4, 0.5) is 17.2 Å². The minimum Gasteiger partial charge on any atom is -0.384 e. The third-order valence-corrected chi connectivity index (χ3v) is 2.65. The zero-order valence-electron chi connectivity index (χ0n) is 10.1. The number of rotatable bonds is 3. The fourth-order valence-corrected chi connectivity index (χ4v) is 1.75. The number of nitrogen functional groups attached to an aromatic ring is 1. The van der Waals surface area contributed by atoms with Crippen molar-refractivity contribution in [3.05, 3.63) is 48.2 Å². The van der Waals surface area contributed by atoms with Crippen LogP contribution < -0.4 is 11.1 Å². The van der Waals surface area contributed by atoms with E-state index in [9.17, 15) is 0 Å². The van der Waals surface area contributed by atoms with Crippen molar-refractivity contribution in [2.75, 3.05) is 11.1 Å². The minimum absolute atomic E-state index is 0.487. The number of nitrogens with zero attached hydrogens (tertiary/aromatic N) is 1. The van der Waals surface area contributed by atoms with Crippen molar-refractivity contribution in [2.45, 2.75) is 19.8 Å². The van der Waals surface area contributed by atoms with Gasteiger partial charge in [0.15, 0.2) is 0 Å². The van der Waals surface area contributed by atoms with Crippen LogP contribution in [0.25, 0.3) is 0 Å². The molecule has 0 atom stereocenters. The van der Waals surface area contributed by atoms with Crippen molar-refractivity contribution in [3.8, 4) is 0 Å². The van der Waals surface area contributed by atoms with E-state index in [-0.39, 0.29) is 0 Å². The first-order valence-corrected chi connectivity index (χ1v) is 5.74. The highest BCUT2D eigenvalue weighted by molar-refractivity contribution is 5.63. The lowest BCUT2D eigenvalue weighted by Gasteiger charge is -2.14. The maximum absolute atomic E-state index is 5.56. The molecule has 2 rings (SSSR count).